The molecule has 0 saturated heterocycles. The van der Waals surface area contributed by atoms with Crippen LogP contribution in [0.1, 0.15) is 72.1 Å². The molecule has 96 valence electrons. The van der Waals surface area contributed by atoms with Crippen molar-refractivity contribution < 1.29 is 4.79 Å². The summed E-state index contributed by atoms with van der Waals surface area (Å²) in [5.41, 5.74) is 0. The van der Waals surface area contributed by atoms with Gasteiger partial charge in [0.05, 0.1) is 0 Å². The van der Waals surface area contributed by atoms with Crippen molar-refractivity contribution in [2.24, 2.45) is 5.92 Å². The van der Waals surface area contributed by atoms with Gasteiger partial charge in [-0.2, -0.15) is 0 Å². The summed E-state index contributed by atoms with van der Waals surface area (Å²) in [5.74, 6) is 1.03. The van der Waals surface area contributed by atoms with Crippen LogP contribution in [0.4, 0.5) is 0 Å². The average molecular weight is 227 g/mol. The van der Waals surface area contributed by atoms with E-state index in [9.17, 15) is 4.79 Å². The molecule has 0 fully saturated rings. The molecule has 1 N–H and O–H groups in total. The number of hydrogen-bond acceptors (Lipinski definition) is 1. The maximum Gasteiger partial charge on any atom is 0.219 e. The lowest BCUT2D eigenvalue weighted by Gasteiger charge is -2.05. The number of nitrogens with one attached hydrogen (secondary N) is 1. The van der Waals surface area contributed by atoms with Crippen LogP contribution in [0.25, 0.3) is 0 Å². The van der Waals surface area contributed by atoms with Crippen molar-refractivity contribution in [3.8, 4) is 0 Å². The lowest BCUT2D eigenvalue weighted by Crippen LogP contribution is -2.23. The molecule has 0 spiro atoms. The molecule has 0 aliphatic rings. The van der Waals surface area contributed by atoms with E-state index in [1.807, 2.05) is 0 Å². The Balaban J connectivity index is 3.17. The first-order valence-electron chi connectivity index (χ1n) is 6.93. The molecule has 1 amide bonds. The lowest BCUT2D eigenvalue weighted by molar-refractivity contribution is -0.121. The van der Waals surface area contributed by atoms with E-state index < -0.39 is 0 Å². The molecule has 0 heterocycles. The van der Waals surface area contributed by atoms with E-state index in [1.54, 1.807) is 0 Å². The van der Waals surface area contributed by atoms with Gasteiger partial charge in [0.2, 0.25) is 5.91 Å². The zero-order valence-corrected chi connectivity index (χ0v) is 11.3. The fraction of sp³-hybridized carbons (Fsp3) is 0.929. The van der Waals surface area contributed by atoms with E-state index in [0.29, 0.717) is 6.42 Å². The van der Waals surface area contributed by atoms with E-state index in [-0.39, 0.29) is 5.91 Å². The van der Waals surface area contributed by atoms with Gasteiger partial charge in [0.15, 0.2) is 0 Å². The Bertz CT molecular complexity index is 166. The highest BCUT2D eigenvalue weighted by Gasteiger charge is 2.00. The summed E-state index contributed by atoms with van der Waals surface area (Å²) in [7, 11) is 0. The van der Waals surface area contributed by atoms with Gasteiger partial charge in [0, 0.05) is 13.0 Å². The van der Waals surface area contributed by atoms with Crippen LogP contribution in [0.15, 0.2) is 0 Å². The molecule has 0 rings (SSSR count). The number of rotatable bonds is 10. The Kier molecular flexibility index (Phi) is 10.6. The van der Waals surface area contributed by atoms with Crippen molar-refractivity contribution in [1.29, 1.82) is 0 Å². The van der Waals surface area contributed by atoms with Gasteiger partial charge in [-0.1, -0.05) is 52.9 Å². The van der Waals surface area contributed by atoms with Gasteiger partial charge in [-0.25, -0.2) is 0 Å². The molecular formula is C14H29NO. The summed E-state index contributed by atoms with van der Waals surface area (Å²) in [6.45, 7) is 7.54. The van der Waals surface area contributed by atoms with Gasteiger partial charge in [0.25, 0.3) is 0 Å². The van der Waals surface area contributed by atoms with Gasteiger partial charge < -0.3 is 5.32 Å². The molecule has 0 aliphatic carbocycles. The normalized spacial score (nSPS) is 10.8. The monoisotopic (exact) mass is 227 g/mol. The Morgan fingerprint density at radius 1 is 1.06 bits per heavy atom. The highest BCUT2D eigenvalue weighted by atomic mass is 16.1. The van der Waals surface area contributed by atoms with Crippen LogP contribution in [-0.4, -0.2) is 12.5 Å². The first kappa shape index (κ1) is 15.5. The third-order valence-electron chi connectivity index (χ3n) is 2.79. The van der Waals surface area contributed by atoms with Crippen LogP contribution in [0.5, 0.6) is 0 Å². The Morgan fingerprint density at radius 3 is 2.44 bits per heavy atom. The summed E-state index contributed by atoms with van der Waals surface area (Å²) in [4.78, 5) is 11.4. The largest absolute Gasteiger partial charge is 0.356 e. The molecule has 2 nitrogen and oxygen atoms in total. The van der Waals surface area contributed by atoms with Crippen LogP contribution < -0.4 is 5.32 Å². The molecule has 0 atom stereocenters. The van der Waals surface area contributed by atoms with Gasteiger partial charge in [-0.05, 0) is 18.8 Å². The molecule has 16 heavy (non-hydrogen) atoms. The molecule has 0 unspecified atom stereocenters. The Hall–Kier alpha value is -0.530. The van der Waals surface area contributed by atoms with Crippen molar-refractivity contribution in [2.45, 2.75) is 72.1 Å². The van der Waals surface area contributed by atoms with Crippen LogP contribution >= 0.6 is 0 Å². The molecule has 0 aromatic carbocycles. The predicted molar refractivity (Wildman–Crippen MR) is 70.5 cm³/mol. The summed E-state index contributed by atoms with van der Waals surface area (Å²) in [6, 6.07) is 0. The molecule has 0 aromatic heterocycles. The first-order valence-corrected chi connectivity index (χ1v) is 6.93. The molecule has 0 aliphatic heterocycles. The molecule has 0 bridgehead atoms. The fourth-order valence-corrected chi connectivity index (χ4v) is 1.71. The van der Waals surface area contributed by atoms with Gasteiger partial charge in [-0.3, -0.25) is 4.79 Å². The molecule has 0 aromatic rings. The van der Waals surface area contributed by atoms with E-state index in [1.165, 1.54) is 32.1 Å². The smallest absolute Gasteiger partial charge is 0.219 e. The maximum atomic E-state index is 11.4. The second kappa shape index (κ2) is 11.0. The average Bonchev–Trinajstić information content (AvgIpc) is 2.23. The highest BCUT2D eigenvalue weighted by Crippen LogP contribution is 2.09. The van der Waals surface area contributed by atoms with Crippen molar-refractivity contribution >= 4 is 5.91 Å². The van der Waals surface area contributed by atoms with Crippen LogP contribution in [0, 0.1) is 5.92 Å². The Morgan fingerprint density at radius 2 is 1.81 bits per heavy atom. The van der Waals surface area contributed by atoms with E-state index >= 15 is 0 Å². The minimum atomic E-state index is 0.237. The number of hydrogen-bond donors (Lipinski definition) is 1. The summed E-state index contributed by atoms with van der Waals surface area (Å²) in [5, 5.41) is 2.98. The summed E-state index contributed by atoms with van der Waals surface area (Å²) < 4.78 is 0. The first-order chi connectivity index (χ1) is 7.66. The minimum absolute atomic E-state index is 0.237. The van der Waals surface area contributed by atoms with Crippen LogP contribution in [0.2, 0.25) is 0 Å². The molecule has 2 heteroatoms. The SMILES string of the molecule is CCCCCNC(=O)CCCCCC(C)C. The van der Waals surface area contributed by atoms with E-state index in [0.717, 1.165) is 25.3 Å². The standard InChI is InChI=1S/C14H29NO/c1-4-5-9-12-15-14(16)11-8-6-7-10-13(2)3/h13H,4-12H2,1-3H3,(H,15,16). The third kappa shape index (κ3) is 11.5. The topological polar surface area (TPSA) is 29.1 Å². The Labute approximate surface area is 101 Å². The van der Waals surface area contributed by atoms with Crippen LogP contribution in [0.3, 0.4) is 0 Å². The second-order valence-electron chi connectivity index (χ2n) is 5.05. The van der Waals surface area contributed by atoms with Gasteiger partial charge in [-0.15, -0.1) is 0 Å². The molecule has 0 radical (unpaired) electrons. The molecular weight excluding hydrogens is 198 g/mol. The second-order valence-corrected chi connectivity index (χ2v) is 5.05. The fourth-order valence-electron chi connectivity index (χ4n) is 1.71. The van der Waals surface area contributed by atoms with Crippen molar-refractivity contribution in [2.75, 3.05) is 6.54 Å². The van der Waals surface area contributed by atoms with Gasteiger partial charge >= 0.3 is 0 Å². The summed E-state index contributed by atoms with van der Waals surface area (Å²) in [6.07, 6.45) is 9.06. The van der Waals surface area contributed by atoms with E-state index in [2.05, 4.69) is 26.1 Å². The number of carbonyl (C=O) groups is 1. The third-order valence-corrected chi connectivity index (χ3v) is 2.79. The zero-order valence-electron chi connectivity index (χ0n) is 11.3. The van der Waals surface area contributed by atoms with E-state index in [4.69, 9.17) is 0 Å². The number of carbonyl (C=O) groups excluding carboxylic acids is 1. The minimum Gasteiger partial charge on any atom is -0.356 e. The van der Waals surface area contributed by atoms with Crippen LogP contribution in [-0.2, 0) is 4.79 Å². The van der Waals surface area contributed by atoms with Crippen molar-refractivity contribution in [1.82, 2.24) is 5.32 Å². The quantitative estimate of drug-likeness (QED) is 0.563. The highest BCUT2D eigenvalue weighted by molar-refractivity contribution is 5.75. The maximum absolute atomic E-state index is 11.4. The van der Waals surface area contributed by atoms with Gasteiger partial charge in [0.1, 0.15) is 0 Å². The molecule has 0 saturated carbocycles. The lowest BCUT2D eigenvalue weighted by atomic mass is 10.0. The summed E-state index contributed by atoms with van der Waals surface area (Å²) >= 11 is 0. The number of unbranched alkanes of at least 4 members (excludes halogenated alkanes) is 4. The van der Waals surface area contributed by atoms with Crippen molar-refractivity contribution in [3.05, 3.63) is 0 Å². The zero-order chi connectivity index (χ0) is 12.2. The number of amides is 1. The predicted octanol–water partition coefficient (Wildman–Crippen LogP) is 3.90. The van der Waals surface area contributed by atoms with Crippen molar-refractivity contribution in [3.63, 3.8) is 0 Å².